The highest BCUT2D eigenvalue weighted by atomic mass is 79.9. The molecule has 0 saturated heterocycles. The van der Waals surface area contributed by atoms with Gasteiger partial charge in [-0.3, -0.25) is 0 Å². The summed E-state index contributed by atoms with van der Waals surface area (Å²) in [4.78, 5) is 0. The van der Waals surface area contributed by atoms with Crippen molar-refractivity contribution in [3.8, 4) is 11.8 Å². The SMILES string of the molecule is Nc1ccccc1C#Cc1cccc(Br)c1. The molecule has 0 radical (unpaired) electrons. The Hall–Kier alpha value is -1.72. The van der Waals surface area contributed by atoms with Gasteiger partial charge < -0.3 is 5.73 Å². The van der Waals surface area contributed by atoms with Gasteiger partial charge in [-0.15, -0.1) is 0 Å². The summed E-state index contributed by atoms with van der Waals surface area (Å²) in [5.74, 6) is 6.14. The van der Waals surface area contributed by atoms with Gasteiger partial charge in [0.2, 0.25) is 0 Å². The molecular weight excluding hydrogens is 262 g/mol. The summed E-state index contributed by atoms with van der Waals surface area (Å²) in [6.07, 6.45) is 0. The second kappa shape index (κ2) is 4.87. The van der Waals surface area contributed by atoms with Crippen LogP contribution in [0.3, 0.4) is 0 Å². The summed E-state index contributed by atoms with van der Waals surface area (Å²) in [6, 6.07) is 15.5. The number of rotatable bonds is 0. The average Bonchev–Trinajstić information content (AvgIpc) is 2.28. The van der Waals surface area contributed by atoms with Gasteiger partial charge in [-0.2, -0.15) is 0 Å². The fourth-order valence-electron chi connectivity index (χ4n) is 1.32. The van der Waals surface area contributed by atoms with E-state index in [9.17, 15) is 0 Å². The molecule has 0 bridgehead atoms. The summed E-state index contributed by atoms with van der Waals surface area (Å²) in [5.41, 5.74) is 8.35. The van der Waals surface area contributed by atoms with E-state index in [0.29, 0.717) is 5.69 Å². The lowest BCUT2D eigenvalue weighted by Crippen LogP contribution is -1.88. The van der Waals surface area contributed by atoms with Crippen molar-refractivity contribution >= 4 is 21.6 Å². The van der Waals surface area contributed by atoms with Gasteiger partial charge in [0.15, 0.2) is 0 Å². The number of para-hydroxylation sites is 1. The van der Waals surface area contributed by atoms with Gasteiger partial charge in [0.05, 0.1) is 0 Å². The zero-order valence-corrected chi connectivity index (χ0v) is 10.2. The third-order valence-corrected chi connectivity index (χ3v) is 2.62. The molecule has 2 heteroatoms. The van der Waals surface area contributed by atoms with Crippen LogP contribution in [0, 0.1) is 11.8 Å². The largest absolute Gasteiger partial charge is 0.398 e. The van der Waals surface area contributed by atoms with E-state index in [2.05, 4.69) is 27.8 Å². The molecule has 78 valence electrons. The van der Waals surface area contributed by atoms with Crippen molar-refractivity contribution in [2.45, 2.75) is 0 Å². The quantitative estimate of drug-likeness (QED) is 0.577. The van der Waals surface area contributed by atoms with Gasteiger partial charge in [0.25, 0.3) is 0 Å². The minimum absolute atomic E-state index is 0.713. The Morgan fingerprint density at radius 3 is 2.50 bits per heavy atom. The third-order valence-electron chi connectivity index (χ3n) is 2.13. The number of benzene rings is 2. The molecule has 0 saturated carbocycles. The molecule has 0 aliphatic carbocycles. The van der Waals surface area contributed by atoms with E-state index in [4.69, 9.17) is 5.73 Å². The lowest BCUT2D eigenvalue weighted by molar-refractivity contribution is 1.59. The first-order chi connectivity index (χ1) is 7.75. The van der Waals surface area contributed by atoms with Crippen molar-refractivity contribution in [3.05, 3.63) is 64.1 Å². The summed E-state index contributed by atoms with van der Waals surface area (Å²) < 4.78 is 1.03. The van der Waals surface area contributed by atoms with Crippen molar-refractivity contribution in [3.63, 3.8) is 0 Å². The van der Waals surface area contributed by atoms with Crippen LogP contribution in [-0.4, -0.2) is 0 Å². The molecule has 2 N–H and O–H groups in total. The summed E-state index contributed by atoms with van der Waals surface area (Å²) in [7, 11) is 0. The maximum absolute atomic E-state index is 5.80. The molecule has 0 aliphatic heterocycles. The molecule has 2 aromatic carbocycles. The molecule has 0 heterocycles. The van der Waals surface area contributed by atoms with Gasteiger partial charge in [-0.05, 0) is 30.3 Å². The molecule has 16 heavy (non-hydrogen) atoms. The Labute approximate surface area is 103 Å². The Morgan fingerprint density at radius 1 is 0.938 bits per heavy atom. The van der Waals surface area contributed by atoms with E-state index in [1.54, 1.807) is 0 Å². The summed E-state index contributed by atoms with van der Waals surface area (Å²) in [6.45, 7) is 0. The second-order valence-electron chi connectivity index (χ2n) is 3.35. The lowest BCUT2D eigenvalue weighted by atomic mass is 10.1. The van der Waals surface area contributed by atoms with Crippen LogP contribution in [0.4, 0.5) is 5.69 Å². The second-order valence-corrected chi connectivity index (χ2v) is 4.26. The van der Waals surface area contributed by atoms with E-state index in [-0.39, 0.29) is 0 Å². The molecule has 0 aliphatic rings. The number of hydrogen-bond donors (Lipinski definition) is 1. The Morgan fingerprint density at radius 2 is 1.75 bits per heavy atom. The van der Waals surface area contributed by atoms with E-state index < -0.39 is 0 Å². The van der Waals surface area contributed by atoms with Crippen LogP contribution in [0.15, 0.2) is 53.0 Å². The van der Waals surface area contributed by atoms with Crippen molar-refractivity contribution in [1.82, 2.24) is 0 Å². The molecule has 2 rings (SSSR count). The first-order valence-electron chi connectivity index (χ1n) is 4.88. The number of hydrogen-bond acceptors (Lipinski definition) is 1. The van der Waals surface area contributed by atoms with Crippen molar-refractivity contribution in [2.24, 2.45) is 0 Å². The van der Waals surface area contributed by atoms with E-state index in [0.717, 1.165) is 15.6 Å². The van der Waals surface area contributed by atoms with Gasteiger partial charge >= 0.3 is 0 Å². The minimum atomic E-state index is 0.713. The van der Waals surface area contributed by atoms with Crippen LogP contribution in [0.1, 0.15) is 11.1 Å². The molecule has 1 nitrogen and oxygen atoms in total. The highest BCUT2D eigenvalue weighted by Crippen LogP contribution is 2.12. The van der Waals surface area contributed by atoms with Crippen molar-refractivity contribution in [1.29, 1.82) is 0 Å². The van der Waals surface area contributed by atoms with Crippen molar-refractivity contribution in [2.75, 3.05) is 5.73 Å². The van der Waals surface area contributed by atoms with Gasteiger partial charge in [0, 0.05) is 21.3 Å². The lowest BCUT2D eigenvalue weighted by Gasteiger charge is -1.95. The monoisotopic (exact) mass is 271 g/mol. The molecule has 2 aromatic rings. The first-order valence-corrected chi connectivity index (χ1v) is 5.67. The number of nitrogens with two attached hydrogens (primary N) is 1. The molecule has 0 amide bonds. The smallest absolute Gasteiger partial charge is 0.0478 e. The van der Waals surface area contributed by atoms with Crippen LogP contribution in [0.25, 0.3) is 0 Å². The standard InChI is InChI=1S/C14H10BrN/c15-13-6-3-4-11(10-13)8-9-12-5-1-2-7-14(12)16/h1-7,10H,16H2. The van der Waals surface area contributed by atoms with Gasteiger partial charge in [-0.25, -0.2) is 0 Å². The maximum Gasteiger partial charge on any atom is 0.0478 e. The number of nitrogen functional groups attached to an aromatic ring is 1. The van der Waals surface area contributed by atoms with Crippen LogP contribution >= 0.6 is 15.9 Å². The van der Waals surface area contributed by atoms with Crippen LogP contribution in [-0.2, 0) is 0 Å². The fourth-order valence-corrected chi connectivity index (χ4v) is 1.72. The minimum Gasteiger partial charge on any atom is -0.398 e. The zero-order chi connectivity index (χ0) is 11.4. The van der Waals surface area contributed by atoms with Crippen molar-refractivity contribution < 1.29 is 0 Å². The summed E-state index contributed by atoms with van der Waals surface area (Å²) in [5, 5.41) is 0. The highest BCUT2D eigenvalue weighted by Gasteiger charge is 1.92. The maximum atomic E-state index is 5.80. The third kappa shape index (κ3) is 2.65. The average molecular weight is 272 g/mol. The Bertz CT molecular complexity index is 564. The van der Waals surface area contributed by atoms with E-state index >= 15 is 0 Å². The fraction of sp³-hybridized carbons (Fsp3) is 0. The molecule has 0 fully saturated rings. The Balaban J connectivity index is 2.32. The number of anilines is 1. The van der Waals surface area contributed by atoms with Crippen LogP contribution in [0.2, 0.25) is 0 Å². The summed E-state index contributed by atoms with van der Waals surface area (Å²) >= 11 is 3.41. The topological polar surface area (TPSA) is 26.0 Å². The highest BCUT2D eigenvalue weighted by molar-refractivity contribution is 9.10. The first kappa shape index (κ1) is 10.8. The van der Waals surface area contributed by atoms with Crippen LogP contribution in [0.5, 0.6) is 0 Å². The van der Waals surface area contributed by atoms with Gasteiger partial charge in [0.1, 0.15) is 0 Å². The zero-order valence-electron chi connectivity index (χ0n) is 8.57. The molecular formula is C14H10BrN. The number of halogens is 1. The molecule has 0 atom stereocenters. The van der Waals surface area contributed by atoms with Crippen LogP contribution < -0.4 is 5.73 Å². The molecule has 0 aromatic heterocycles. The van der Waals surface area contributed by atoms with Gasteiger partial charge in [-0.1, -0.05) is 46.0 Å². The predicted molar refractivity (Wildman–Crippen MR) is 71.0 cm³/mol. The Kier molecular flexibility index (Phi) is 3.28. The predicted octanol–water partition coefficient (Wildman–Crippen LogP) is 3.43. The van der Waals surface area contributed by atoms with E-state index in [1.165, 1.54) is 0 Å². The molecule has 0 unspecified atom stereocenters. The normalized spacial score (nSPS) is 9.31. The molecule has 0 spiro atoms. The van der Waals surface area contributed by atoms with E-state index in [1.807, 2.05) is 48.5 Å².